The Kier molecular flexibility index (Phi) is 5.32. The van der Waals surface area contributed by atoms with Crippen molar-refractivity contribution in [3.8, 4) is 23.0 Å². The number of rotatable bonds is 9. The minimum atomic E-state index is 0.458. The van der Waals surface area contributed by atoms with E-state index >= 15 is 0 Å². The summed E-state index contributed by atoms with van der Waals surface area (Å²) in [4.78, 5) is 4.53. The molecule has 0 radical (unpaired) electrons. The zero-order valence-corrected chi connectivity index (χ0v) is 16.5. The molecule has 7 heteroatoms. The van der Waals surface area contributed by atoms with Crippen molar-refractivity contribution >= 4 is 0 Å². The summed E-state index contributed by atoms with van der Waals surface area (Å²) < 4.78 is 22.0. The molecule has 0 spiro atoms. The number of aryl methyl sites for hydroxylation is 3. The van der Waals surface area contributed by atoms with Crippen LogP contribution in [-0.4, -0.2) is 28.5 Å². The molecule has 1 aromatic carbocycles. The lowest BCUT2D eigenvalue weighted by atomic mass is 10.1. The zero-order valence-electron chi connectivity index (χ0n) is 16.5. The lowest BCUT2D eigenvalue weighted by molar-refractivity contribution is 0.281. The van der Waals surface area contributed by atoms with Gasteiger partial charge in [0.25, 0.3) is 5.88 Å². The monoisotopic (exact) mass is 383 g/mol. The van der Waals surface area contributed by atoms with Gasteiger partial charge in [-0.25, -0.2) is 0 Å². The van der Waals surface area contributed by atoms with E-state index in [1.54, 1.807) is 0 Å². The molecule has 1 saturated carbocycles. The van der Waals surface area contributed by atoms with E-state index in [9.17, 15) is 0 Å². The Labute approximate surface area is 164 Å². The normalized spacial score (nSPS) is 13.7. The summed E-state index contributed by atoms with van der Waals surface area (Å²) in [6.45, 7) is 7.18. The van der Waals surface area contributed by atoms with Gasteiger partial charge >= 0.3 is 0 Å². The van der Waals surface area contributed by atoms with E-state index < -0.39 is 0 Å². The van der Waals surface area contributed by atoms with Gasteiger partial charge in [-0.15, -0.1) is 0 Å². The molecule has 0 bridgehead atoms. The summed E-state index contributed by atoms with van der Waals surface area (Å²) in [6.07, 6.45) is 3.88. The molecule has 2 heterocycles. The van der Waals surface area contributed by atoms with Gasteiger partial charge in [-0.1, -0.05) is 5.16 Å². The van der Waals surface area contributed by atoms with Gasteiger partial charge in [-0.3, -0.25) is 0 Å². The summed E-state index contributed by atoms with van der Waals surface area (Å²) in [5.74, 6) is 4.11. The fourth-order valence-electron chi connectivity index (χ4n) is 3.20. The van der Waals surface area contributed by atoms with Gasteiger partial charge in [0.15, 0.2) is 0 Å². The van der Waals surface area contributed by atoms with E-state index in [1.165, 1.54) is 0 Å². The fraction of sp³-hybridized carbons (Fsp3) is 0.476. The maximum Gasteiger partial charge on any atom is 0.254 e. The van der Waals surface area contributed by atoms with Crippen molar-refractivity contribution in [3.05, 3.63) is 41.0 Å². The first kappa shape index (κ1) is 18.5. The second-order valence-electron chi connectivity index (χ2n) is 7.19. The first-order valence-electron chi connectivity index (χ1n) is 9.80. The number of hydrogen-bond acceptors (Lipinski definition) is 7. The molecular formula is C21H25N3O4. The molecule has 28 heavy (non-hydrogen) atoms. The number of ether oxygens (including phenoxy) is 2. The first-order valence-corrected chi connectivity index (χ1v) is 9.80. The number of nitrogens with zero attached hydrogens (tertiary/aromatic N) is 3. The molecule has 0 amide bonds. The third-order valence-corrected chi connectivity index (χ3v) is 4.73. The highest BCUT2D eigenvalue weighted by molar-refractivity contribution is 5.61. The highest BCUT2D eigenvalue weighted by Crippen LogP contribution is 2.40. The van der Waals surface area contributed by atoms with Crippen molar-refractivity contribution in [2.45, 2.75) is 52.4 Å². The van der Waals surface area contributed by atoms with Crippen LogP contribution in [0.5, 0.6) is 11.6 Å². The summed E-state index contributed by atoms with van der Waals surface area (Å²) in [6, 6.07) is 5.93. The fourth-order valence-corrected chi connectivity index (χ4v) is 3.20. The van der Waals surface area contributed by atoms with Gasteiger partial charge in [-0.05, 0) is 68.4 Å². The van der Waals surface area contributed by atoms with Crippen molar-refractivity contribution in [1.29, 1.82) is 0 Å². The zero-order chi connectivity index (χ0) is 19.5. The minimum absolute atomic E-state index is 0.458. The Morgan fingerprint density at radius 1 is 1.04 bits per heavy atom. The summed E-state index contributed by atoms with van der Waals surface area (Å²) in [7, 11) is 0. The Hall–Kier alpha value is -2.83. The molecule has 0 N–H and O–H groups in total. The standard InChI is InChI=1S/C21H25N3O4/c1-4-25-18-12-17(27-23-18)6-5-9-26-19-13(2)10-16(11-14(19)3)20-22-21(28-24-20)15-7-8-15/h10-12,15H,4-9H2,1-3H3. The Balaban J connectivity index is 1.35. The van der Waals surface area contributed by atoms with E-state index in [0.717, 1.165) is 59.8 Å². The van der Waals surface area contributed by atoms with Crippen LogP contribution in [0.25, 0.3) is 11.4 Å². The van der Waals surface area contributed by atoms with Crippen molar-refractivity contribution in [3.63, 3.8) is 0 Å². The van der Waals surface area contributed by atoms with Crippen molar-refractivity contribution in [1.82, 2.24) is 15.3 Å². The second-order valence-corrected chi connectivity index (χ2v) is 7.19. The molecule has 148 valence electrons. The van der Waals surface area contributed by atoms with Gasteiger partial charge in [0, 0.05) is 24.0 Å². The van der Waals surface area contributed by atoms with Gasteiger partial charge < -0.3 is 18.5 Å². The van der Waals surface area contributed by atoms with Crippen LogP contribution < -0.4 is 9.47 Å². The highest BCUT2D eigenvalue weighted by Gasteiger charge is 2.29. The van der Waals surface area contributed by atoms with Crippen molar-refractivity contribution in [2.24, 2.45) is 0 Å². The van der Waals surface area contributed by atoms with Crippen LogP contribution in [-0.2, 0) is 6.42 Å². The molecule has 7 nitrogen and oxygen atoms in total. The van der Waals surface area contributed by atoms with Crippen molar-refractivity contribution < 1.29 is 18.5 Å². The van der Waals surface area contributed by atoms with Crippen LogP contribution in [0.15, 0.2) is 27.2 Å². The topological polar surface area (TPSA) is 83.4 Å². The molecule has 0 saturated heterocycles. The molecule has 3 aromatic rings. The van der Waals surface area contributed by atoms with Crippen LogP contribution in [0.3, 0.4) is 0 Å². The molecular weight excluding hydrogens is 358 g/mol. The quantitative estimate of drug-likeness (QED) is 0.498. The Bertz CT molecular complexity index is 920. The lowest BCUT2D eigenvalue weighted by Gasteiger charge is -2.13. The van der Waals surface area contributed by atoms with Gasteiger partial charge in [0.1, 0.15) is 11.5 Å². The Morgan fingerprint density at radius 3 is 2.54 bits per heavy atom. The molecule has 1 aliphatic carbocycles. The average molecular weight is 383 g/mol. The van der Waals surface area contributed by atoms with E-state index in [2.05, 4.69) is 27.4 Å². The maximum absolute atomic E-state index is 6.03. The molecule has 2 aromatic heterocycles. The smallest absolute Gasteiger partial charge is 0.254 e. The van der Waals surface area contributed by atoms with Gasteiger partial charge in [0.2, 0.25) is 11.7 Å². The lowest BCUT2D eigenvalue weighted by Crippen LogP contribution is -2.02. The van der Waals surface area contributed by atoms with E-state index in [0.29, 0.717) is 30.8 Å². The summed E-state index contributed by atoms with van der Waals surface area (Å²) in [5.41, 5.74) is 3.08. The van der Waals surface area contributed by atoms with Crippen LogP contribution >= 0.6 is 0 Å². The van der Waals surface area contributed by atoms with Crippen molar-refractivity contribution in [2.75, 3.05) is 13.2 Å². The predicted molar refractivity (Wildman–Crippen MR) is 103 cm³/mol. The molecule has 0 unspecified atom stereocenters. The molecule has 4 rings (SSSR count). The summed E-state index contributed by atoms with van der Waals surface area (Å²) in [5, 5.41) is 8.00. The Morgan fingerprint density at radius 2 is 1.82 bits per heavy atom. The molecule has 1 fully saturated rings. The summed E-state index contributed by atoms with van der Waals surface area (Å²) >= 11 is 0. The van der Waals surface area contributed by atoms with Crippen LogP contribution in [0, 0.1) is 13.8 Å². The third kappa shape index (κ3) is 4.18. The first-order chi connectivity index (χ1) is 13.6. The minimum Gasteiger partial charge on any atom is -0.493 e. The number of aromatic nitrogens is 3. The molecule has 1 aliphatic rings. The second kappa shape index (κ2) is 8.04. The third-order valence-electron chi connectivity index (χ3n) is 4.73. The van der Waals surface area contributed by atoms with E-state index in [1.807, 2.05) is 26.8 Å². The van der Waals surface area contributed by atoms with Gasteiger partial charge in [-0.2, -0.15) is 4.98 Å². The number of benzene rings is 1. The van der Waals surface area contributed by atoms with Crippen LogP contribution in [0.1, 0.15) is 54.9 Å². The van der Waals surface area contributed by atoms with E-state index in [4.69, 9.17) is 18.5 Å². The van der Waals surface area contributed by atoms with Gasteiger partial charge in [0.05, 0.1) is 13.2 Å². The molecule has 0 atom stereocenters. The number of hydrogen-bond donors (Lipinski definition) is 0. The average Bonchev–Trinajstić information content (AvgIpc) is 3.23. The SMILES string of the molecule is CCOc1cc(CCCOc2c(C)cc(-c3noc(C4CC4)n3)cc2C)on1. The maximum atomic E-state index is 6.03. The molecule has 0 aliphatic heterocycles. The van der Waals surface area contributed by atoms with Crippen LogP contribution in [0.2, 0.25) is 0 Å². The van der Waals surface area contributed by atoms with E-state index in [-0.39, 0.29) is 0 Å². The predicted octanol–water partition coefficient (Wildman–Crippen LogP) is 4.63. The largest absolute Gasteiger partial charge is 0.493 e. The highest BCUT2D eigenvalue weighted by atomic mass is 16.5. The van der Waals surface area contributed by atoms with Crippen LogP contribution in [0.4, 0.5) is 0 Å².